The summed E-state index contributed by atoms with van der Waals surface area (Å²) in [5, 5.41) is 2.84. The van der Waals surface area contributed by atoms with E-state index in [-0.39, 0.29) is 10.8 Å². The van der Waals surface area contributed by atoms with Gasteiger partial charge in [-0.1, -0.05) is 6.92 Å². The third-order valence-corrected chi connectivity index (χ3v) is 4.00. The molecule has 2 N–H and O–H groups in total. The third kappa shape index (κ3) is 4.05. The first-order chi connectivity index (χ1) is 9.90. The average Bonchev–Trinajstić information content (AvgIpc) is 2.84. The van der Waals surface area contributed by atoms with E-state index in [0.29, 0.717) is 17.9 Å². The summed E-state index contributed by atoms with van der Waals surface area (Å²) in [5.41, 5.74) is 0.789. The molecule has 0 fully saturated rings. The van der Waals surface area contributed by atoms with Crippen molar-refractivity contribution >= 4 is 15.7 Å². The number of anilines is 1. The lowest BCUT2D eigenvalue weighted by Gasteiger charge is -2.07. The average molecular weight is 312 g/mol. The van der Waals surface area contributed by atoms with Crippen molar-refractivity contribution in [1.82, 2.24) is 5.32 Å². The highest BCUT2D eigenvalue weighted by atomic mass is 32.2. The third-order valence-electron chi connectivity index (χ3n) is 2.75. The van der Waals surface area contributed by atoms with Gasteiger partial charge < -0.3 is 9.73 Å². The van der Waals surface area contributed by atoms with Crippen molar-refractivity contribution in [3.05, 3.63) is 47.5 Å². The van der Waals surface area contributed by atoms with Crippen LogP contribution in [0.5, 0.6) is 0 Å². The summed E-state index contributed by atoms with van der Waals surface area (Å²) in [6.45, 7) is 4.82. The van der Waals surface area contributed by atoms with Gasteiger partial charge in [0.05, 0.1) is 12.2 Å². The number of aryl methyl sites for hydroxylation is 1. The maximum Gasteiger partial charge on any atom is 0.295 e. The van der Waals surface area contributed by atoms with Crippen molar-refractivity contribution in [1.29, 1.82) is 0 Å². The first kappa shape index (κ1) is 15.5. The molecule has 7 heteroatoms. The molecule has 0 unspecified atom stereocenters. The van der Waals surface area contributed by atoms with Crippen molar-refractivity contribution in [3.8, 4) is 0 Å². The molecular weight excluding hydrogens is 295 g/mol. The van der Waals surface area contributed by atoms with Crippen LogP contribution in [0.3, 0.4) is 0 Å². The van der Waals surface area contributed by atoms with E-state index in [0.717, 1.165) is 12.6 Å². The zero-order chi connectivity index (χ0) is 15.5. The lowest BCUT2D eigenvalue weighted by Crippen LogP contribution is -2.13. The highest BCUT2D eigenvalue weighted by Gasteiger charge is 2.19. The molecule has 0 amide bonds. The van der Waals surface area contributed by atoms with Gasteiger partial charge in [0.2, 0.25) is 5.09 Å². The summed E-state index contributed by atoms with van der Waals surface area (Å²) in [6.07, 6.45) is 0. The first-order valence-corrected chi connectivity index (χ1v) is 7.98. The number of halogens is 1. The van der Waals surface area contributed by atoms with E-state index < -0.39 is 15.8 Å². The Morgan fingerprint density at radius 2 is 2.00 bits per heavy atom. The minimum atomic E-state index is -3.86. The Kier molecular flexibility index (Phi) is 4.64. The van der Waals surface area contributed by atoms with E-state index >= 15 is 0 Å². The molecule has 0 saturated carbocycles. The molecule has 114 valence electrons. The topological polar surface area (TPSA) is 71.3 Å². The van der Waals surface area contributed by atoms with Crippen molar-refractivity contribution < 1.29 is 17.2 Å². The van der Waals surface area contributed by atoms with Crippen molar-refractivity contribution in [2.24, 2.45) is 0 Å². The Hall–Kier alpha value is -1.86. The van der Waals surface area contributed by atoms with Crippen LogP contribution in [0.1, 0.15) is 18.2 Å². The summed E-state index contributed by atoms with van der Waals surface area (Å²) < 4.78 is 45.2. The van der Waals surface area contributed by atoms with Crippen LogP contribution in [0.2, 0.25) is 0 Å². The molecule has 2 aromatic rings. The number of hydrogen-bond acceptors (Lipinski definition) is 4. The van der Waals surface area contributed by atoms with Gasteiger partial charge in [0.1, 0.15) is 11.6 Å². The van der Waals surface area contributed by atoms with Crippen LogP contribution in [0, 0.1) is 12.7 Å². The molecule has 1 heterocycles. The largest absolute Gasteiger partial charge is 0.446 e. The predicted molar refractivity (Wildman–Crippen MR) is 78.0 cm³/mol. The molecule has 1 aromatic carbocycles. The summed E-state index contributed by atoms with van der Waals surface area (Å²) in [6, 6.07) is 6.95. The molecule has 0 bridgehead atoms. The van der Waals surface area contributed by atoms with E-state index in [4.69, 9.17) is 4.42 Å². The molecule has 0 atom stereocenters. The molecule has 0 radical (unpaired) electrons. The number of benzene rings is 1. The lowest BCUT2D eigenvalue weighted by molar-refractivity contribution is 0.405. The van der Waals surface area contributed by atoms with Crippen LogP contribution in [-0.4, -0.2) is 15.0 Å². The van der Waals surface area contributed by atoms with Crippen LogP contribution in [0.15, 0.2) is 39.8 Å². The molecule has 0 saturated heterocycles. The van der Waals surface area contributed by atoms with Crippen LogP contribution < -0.4 is 10.0 Å². The second-order valence-corrected chi connectivity index (χ2v) is 6.24. The number of nitrogens with one attached hydrogen (secondary N) is 2. The van der Waals surface area contributed by atoms with E-state index in [1.165, 1.54) is 12.1 Å². The Morgan fingerprint density at radius 3 is 2.67 bits per heavy atom. The predicted octanol–water partition coefficient (Wildman–Crippen LogP) is 2.64. The van der Waals surface area contributed by atoms with Gasteiger partial charge >= 0.3 is 0 Å². The second-order valence-electron chi connectivity index (χ2n) is 4.62. The van der Waals surface area contributed by atoms with Crippen LogP contribution in [-0.2, 0) is 16.6 Å². The molecule has 0 spiro atoms. The quantitative estimate of drug-likeness (QED) is 0.860. The summed E-state index contributed by atoms with van der Waals surface area (Å²) in [7, 11) is -3.86. The molecule has 2 rings (SSSR count). The van der Waals surface area contributed by atoms with Gasteiger partial charge in [0, 0.05) is 0 Å². The van der Waals surface area contributed by atoms with E-state index in [1.807, 2.05) is 6.92 Å². The molecule has 5 nitrogen and oxygen atoms in total. The Morgan fingerprint density at radius 1 is 1.24 bits per heavy atom. The van der Waals surface area contributed by atoms with Crippen LogP contribution in [0.4, 0.5) is 10.1 Å². The Labute approximate surface area is 123 Å². The van der Waals surface area contributed by atoms with Gasteiger partial charge in [-0.3, -0.25) is 4.72 Å². The van der Waals surface area contributed by atoms with E-state index in [1.54, 1.807) is 19.1 Å². The highest BCUT2D eigenvalue weighted by molar-refractivity contribution is 7.92. The number of sulfonamides is 1. The Balaban J connectivity index is 2.19. The molecule has 0 aliphatic heterocycles. The van der Waals surface area contributed by atoms with Gasteiger partial charge in [-0.15, -0.1) is 0 Å². The second kappa shape index (κ2) is 6.28. The molecular formula is C14H17FN2O3S. The van der Waals surface area contributed by atoms with Gasteiger partial charge in [-0.2, -0.15) is 8.42 Å². The summed E-state index contributed by atoms with van der Waals surface area (Å²) in [4.78, 5) is 0. The zero-order valence-electron chi connectivity index (χ0n) is 11.8. The summed E-state index contributed by atoms with van der Waals surface area (Å²) in [5.74, 6) is 0.0210. The van der Waals surface area contributed by atoms with Crippen LogP contribution in [0.25, 0.3) is 0 Å². The van der Waals surface area contributed by atoms with Gasteiger partial charge in [-0.25, -0.2) is 4.39 Å². The fourth-order valence-electron chi connectivity index (χ4n) is 1.85. The maximum atomic E-state index is 13.3. The lowest BCUT2D eigenvalue weighted by atomic mass is 10.2. The van der Waals surface area contributed by atoms with E-state index in [2.05, 4.69) is 10.0 Å². The van der Waals surface area contributed by atoms with Crippen molar-refractivity contribution in [3.63, 3.8) is 0 Å². The maximum absolute atomic E-state index is 13.3. The van der Waals surface area contributed by atoms with Gasteiger partial charge in [0.15, 0.2) is 0 Å². The first-order valence-electron chi connectivity index (χ1n) is 6.50. The fraction of sp³-hybridized carbons (Fsp3) is 0.286. The molecule has 1 aromatic heterocycles. The summed E-state index contributed by atoms with van der Waals surface area (Å²) >= 11 is 0. The van der Waals surface area contributed by atoms with E-state index in [9.17, 15) is 12.8 Å². The number of rotatable bonds is 6. The fourth-order valence-corrected chi connectivity index (χ4v) is 2.84. The minimum absolute atomic E-state index is 0.164. The molecule has 0 aliphatic rings. The SMILES string of the molecule is CCNCc1ccc(S(=O)(=O)Nc2cc(C)cc(F)c2)o1. The van der Waals surface area contributed by atoms with Crippen LogP contribution >= 0.6 is 0 Å². The van der Waals surface area contributed by atoms with Gasteiger partial charge in [-0.05, 0) is 49.4 Å². The molecule has 21 heavy (non-hydrogen) atoms. The zero-order valence-corrected chi connectivity index (χ0v) is 12.6. The standard InChI is InChI=1S/C14H17FN2O3S/c1-3-16-9-13-4-5-14(20-13)21(18,19)17-12-7-10(2)6-11(15)8-12/h4-8,16-17H,3,9H2,1-2H3. The monoisotopic (exact) mass is 312 g/mol. The number of hydrogen-bond donors (Lipinski definition) is 2. The molecule has 0 aliphatic carbocycles. The minimum Gasteiger partial charge on any atom is -0.446 e. The smallest absolute Gasteiger partial charge is 0.295 e. The Bertz CT molecular complexity index is 705. The van der Waals surface area contributed by atoms with Gasteiger partial charge in [0.25, 0.3) is 10.0 Å². The normalized spacial score (nSPS) is 11.6. The number of furan rings is 1. The van der Waals surface area contributed by atoms with Crippen molar-refractivity contribution in [2.45, 2.75) is 25.5 Å². The van der Waals surface area contributed by atoms with Crippen molar-refractivity contribution in [2.75, 3.05) is 11.3 Å². The highest BCUT2D eigenvalue weighted by Crippen LogP contribution is 2.20.